The fourth-order valence-electron chi connectivity index (χ4n) is 3.57. The van der Waals surface area contributed by atoms with Gasteiger partial charge in [-0.05, 0) is 56.6 Å². The van der Waals surface area contributed by atoms with Crippen molar-refractivity contribution in [2.45, 2.75) is 49.9 Å². The number of aliphatic hydroxyl groups is 4. The Kier molecular flexibility index (Phi) is 10.1. The number of unbranched alkanes of at least 4 members (excludes halogenated alkanes) is 1. The number of hydrogen-bond donors (Lipinski definition) is 4. The third-order valence-corrected chi connectivity index (χ3v) is 5.94. The number of allylic oxidation sites excluding steroid dienone is 1. The van der Waals surface area contributed by atoms with Crippen molar-refractivity contribution >= 4 is 17.5 Å². The maximum Gasteiger partial charge on any atom is 0.178 e. The molecule has 4 unspecified atom stereocenters. The highest BCUT2D eigenvalue weighted by Gasteiger charge is 2.49. The van der Waals surface area contributed by atoms with Gasteiger partial charge in [-0.25, -0.2) is 0 Å². The van der Waals surface area contributed by atoms with Gasteiger partial charge in [0.1, 0.15) is 5.75 Å². The molecule has 1 aliphatic rings. The normalized spacial score (nSPS) is 23.6. The molecule has 4 atom stereocenters. The van der Waals surface area contributed by atoms with Gasteiger partial charge in [-0.2, -0.15) is 0 Å². The monoisotopic (exact) mass is 436 g/mol. The first kappa shape index (κ1) is 24.6. The molecule has 0 fully saturated rings. The Bertz CT molecular complexity index is 720. The number of aliphatic hydroxyl groups excluding tert-OH is 3. The molecule has 0 spiro atoms. The number of thioether (sulfide) groups is 1. The number of ether oxygens (including phenoxy) is 1. The van der Waals surface area contributed by atoms with Crippen LogP contribution in [-0.4, -0.2) is 63.5 Å². The maximum atomic E-state index is 12.7. The van der Waals surface area contributed by atoms with Crippen LogP contribution in [0.2, 0.25) is 0 Å². The lowest BCUT2D eigenvalue weighted by atomic mass is 9.81. The van der Waals surface area contributed by atoms with E-state index in [2.05, 4.69) is 0 Å². The highest BCUT2D eigenvalue weighted by Crippen LogP contribution is 2.41. The molecule has 4 N–H and O–H groups in total. The summed E-state index contributed by atoms with van der Waals surface area (Å²) < 4.78 is 5.66. The van der Waals surface area contributed by atoms with Crippen molar-refractivity contribution in [1.29, 1.82) is 0 Å². The number of carbonyl (C=O) groups excluding carboxylic acids is 1. The number of carbonyl (C=O) groups is 1. The van der Waals surface area contributed by atoms with Crippen molar-refractivity contribution in [3.05, 3.63) is 53.5 Å². The quantitative estimate of drug-likeness (QED) is 0.278. The lowest BCUT2D eigenvalue weighted by Crippen LogP contribution is -2.43. The fraction of sp³-hybridized carbons (Fsp3) is 0.522. The van der Waals surface area contributed by atoms with E-state index in [1.54, 1.807) is 12.3 Å². The number of rotatable bonds is 13. The van der Waals surface area contributed by atoms with Crippen LogP contribution in [0.5, 0.6) is 5.75 Å². The van der Waals surface area contributed by atoms with Gasteiger partial charge in [-0.3, -0.25) is 4.79 Å². The molecule has 1 aliphatic carbocycles. The van der Waals surface area contributed by atoms with Crippen LogP contribution in [0.15, 0.2) is 53.5 Å². The van der Waals surface area contributed by atoms with Crippen molar-refractivity contribution < 1.29 is 30.0 Å². The summed E-state index contributed by atoms with van der Waals surface area (Å²) in [6.07, 6.45) is 6.52. The lowest BCUT2D eigenvalue weighted by Gasteiger charge is -2.30. The third kappa shape index (κ3) is 6.96. The zero-order valence-electron chi connectivity index (χ0n) is 17.3. The Morgan fingerprint density at radius 3 is 2.57 bits per heavy atom. The van der Waals surface area contributed by atoms with Crippen LogP contribution in [0, 0.1) is 5.92 Å². The summed E-state index contributed by atoms with van der Waals surface area (Å²) in [7, 11) is 0. The fourth-order valence-corrected chi connectivity index (χ4v) is 4.22. The van der Waals surface area contributed by atoms with Gasteiger partial charge < -0.3 is 25.2 Å². The summed E-state index contributed by atoms with van der Waals surface area (Å²) in [5.41, 5.74) is -1.44. The zero-order valence-corrected chi connectivity index (χ0v) is 18.1. The van der Waals surface area contributed by atoms with Gasteiger partial charge in [0.2, 0.25) is 0 Å². The van der Waals surface area contributed by atoms with Crippen LogP contribution in [-0.2, 0) is 4.79 Å². The van der Waals surface area contributed by atoms with Crippen molar-refractivity contribution in [2.75, 3.05) is 19.5 Å². The van der Waals surface area contributed by atoms with E-state index in [4.69, 9.17) is 9.84 Å². The number of benzene rings is 1. The van der Waals surface area contributed by atoms with Crippen LogP contribution in [0.25, 0.3) is 0 Å². The Balaban J connectivity index is 1.94. The molecule has 0 saturated carbocycles. The number of ketones is 1. The highest BCUT2D eigenvalue weighted by atomic mass is 32.2. The second-order valence-corrected chi connectivity index (χ2v) is 8.32. The van der Waals surface area contributed by atoms with Crippen LogP contribution < -0.4 is 4.74 Å². The van der Waals surface area contributed by atoms with Gasteiger partial charge in [0.25, 0.3) is 0 Å². The molecule has 30 heavy (non-hydrogen) atoms. The van der Waals surface area contributed by atoms with E-state index < -0.39 is 23.7 Å². The molecule has 7 heteroatoms. The van der Waals surface area contributed by atoms with Gasteiger partial charge in [0.15, 0.2) is 5.78 Å². The summed E-state index contributed by atoms with van der Waals surface area (Å²) >= 11 is 1.25. The van der Waals surface area contributed by atoms with Crippen molar-refractivity contribution in [1.82, 2.24) is 0 Å². The largest absolute Gasteiger partial charge is 0.494 e. The van der Waals surface area contributed by atoms with Gasteiger partial charge in [-0.1, -0.05) is 30.4 Å². The smallest absolute Gasteiger partial charge is 0.178 e. The SMILES string of the molecule is CSC1=CC(O)(CCCCOc2ccccc2)C(C(O)/C=C/C(O)CCCO)C1=O. The average Bonchev–Trinajstić information content (AvgIpc) is 3.01. The Hall–Kier alpha value is -1.64. The zero-order chi connectivity index (χ0) is 22.0. The molecule has 0 amide bonds. The third-order valence-electron chi connectivity index (χ3n) is 5.18. The molecule has 166 valence electrons. The molecule has 1 aromatic rings. The summed E-state index contributed by atoms with van der Waals surface area (Å²) in [6, 6.07) is 9.48. The summed E-state index contributed by atoms with van der Waals surface area (Å²) in [4.78, 5) is 13.2. The lowest BCUT2D eigenvalue weighted by molar-refractivity contribution is -0.127. The minimum Gasteiger partial charge on any atom is -0.494 e. The Labute approximate surface area is 182 Å². The maximum absolute atomic E-state index is 12.7. The van der Waals surface area contributed by atoms with E-state index in [-0.39, 0.29) is 12.4 Å². The summed E-state index contributed by atoms with van der Waals surface area (Å²) in [5.74, 6) is -0.501. The van der Waals surface area contributed by atoms with Crippen molar-refractivity contribution in [3.8, 4) is 5.75 Å². The van der Waals surface area contributed by atoms with E-state index in [9.17, 15) is 20.1 Å². The molecule has 0 aromatic heterocycles. The highest BCUT2D eigenvalue weighted by molar-refractivity contribution is 8.03. The van der Waals surface area contributed by atoms with E-state index in [0.717, 1.165) is 5.75 Å². The van der Waals surface area contributed by atoms with Gasteiger partial charge in [0.05, 0.1) is 30.3 Å². The Morgan fingerprint density at radius 2 is 1.90 bits per heavy atom. The number of para-hydroxylation sites is 1. The van der Waals surface area contributed by atoms with E-state index in [1.807, 2.05) is 30.3 Å². The molecule has 0 heterocycles. The molecule has 0 bridgehead atoms. The Morgan fingerprint density at radius 1 is 1.17 bits per heavy atom. The number of Topliss-reactive ketones (excluding diaryl/α,β-unsaturated/α-hetero) is 1. The minimum atomic E-state index is -1.44. The summed E-state index contributed by atoms with van der Waals surface area (Å²) in [5, 5.41) is 40.5. The van der Waals surface area contributed by atoms with E-state index >= 15 is 0 Å². The molecule has 0 aliphatic heterocycles. The molecule has 2 rings (SSSR count). The second kappa shape index (κ2) is 12.3. The first-order chi connectivity index (χ1) is 14.4. The molecule has 0 radical (unpaired) electrons. The van der Waals surface area contributed by atoms with E-state index in [1.165, 1.54) is 23.9 Å². The molecule has 6 nitrogen and oxygen atoms in total. The van der Waals surface area contributed by atoms with Crippen molar-refractivity contribution in [2.24, 2.45) is 5.92 Å². The topological polar surface area (TPSA) is 107 Å². The van der Waals surface area contributed by atoms with E-state index in [0.29, 0.717) is 43.6 Å². The minimum absolute atomic E-state index is 0.0245. The number of hydrogen-bond acceptors (Lipinski definition) is 7. The molecule has 0 saturated heterocycles. The molecular weight excluding hydrogens is 404 g/mol. The second-order valence-electron chi connectivity index (χ2n) is 7.47. The first-order valence-electron chi connectivity index (χ1n) is 10.3. The van der Waals surface area contributed by atoms with Crippen LogP contribution in [0.3, 0.4) is 0 Å². The summed E-state index contributed by atoms with van der Waals surface area (Å²) in [6.45, 7) is 0.473. The predicted molar refractivity (Wildman–Crippen MR) is 118 cm³/mol. The van der Waals surface area contributed by atoms with Gasteiger partial charge >= 0.3 is 0 Å². The van der Waals surface area contributed by atoms with Gasteiger partial charge in [-0.15, -0.1) is 11.8 Å². The average molecular weight is 437 g/mol. The van der Waals surface area contributed by atoms with Crippen LogP contribution >= 0.6 is 11.8 Å². The van der Waals surface area contributed by atoms with Crippen LogP contribution in [0.4, 0.5) is 0 Å². The van der Waals surface area contributed by atoms with Gasteiger partial charge in [0, 0.05) is 11.5 Å². The predicted octanol–water partition coefficient (Wildman–Crippen LogP) is 2.46. The first-order valence-corrected chi connectivity index (χ1v) is 11.5. The standard InChI is InChI=1S/C23H32O6S/c1-30-20-16-23(28,13-5-6-15-29-18-9-3-2-4-10-18)21(22(20)27)19(26)12-11-17(25)8-7-14-24/h2-4,9-12,16-17,19,21,24-26,28H,5-8,13-15H2,1H3/b12-11+. The molecule has 1 aromatic carbocycles. The van der Waals surface area contributed by atoms with Crippen LogP contribution in [0.1, 0.15) is 32.1 Å². The molecular formula is C23H32O6S. The van der Waals surface area contributed by atoms with Crippen molar-refractivity contribution in [3.63, 3.8) is 0 Å².